The fraction of sp³-hybridized carbons (Fsp3) is 0.600. The van der Waals surface area contributed by atoms with Crippen LogP contribution in [-0.4, -0.2) is 23.5 Å². The highest BCUT2D eigenvalue weighted by atomic mass is 16.1. The average Bonchev–Trinajstić information content (AvgIpc) is 2.35. The molecule has 1 aromatic rings. The Labute approximate surface area is 116 Å². The minimum absolute atomic E-state index is 0.0354. The summed E-state index contributed by atoms with van der Waals surface area (Å²) in [4.78, 5) is 16.4. The molecule has 4 nitrogen and oxygen atoms in total. The third-order valence-electron chi connectivity index (χ3n) is 3.18. The minimum atomic E-state index is -0.123. The molecule has 0 saturated heterocycles. The van der Waals surface area contributed by atoms with Gasteiger partial charge < -0.3 is 10.6 Å². The van der Waals surface area contributed by atoms with Crippen molar-refractivity contribution in [1.29, 1.82) is 0 Å². The summed E-state index contributed by atoms with van der Waals surface area (Å²) < 4.78 is 0. The molecule has 1 heterocycles. The quantitative estimate of drug-likeness (QED) is 0.858. The number of hydrogen-bond donors (Lipinski definition) is 2. The van der Waals surface area contributed by atoms with Crippen molar-refractivity contribution >= 4 is 11.7 Å². The van der Waals surface area contributed by atoms with Gasteiger partial charge in [-0.3, -0.25) is 4.79 Å². The normalized spacial score (nSPS) is 12.9. The Hall–Kier alpha value is -1.58. The highest BCUT2D eigenvalue weighted by molar-refractivity contribution is 5.92. The standard InChI is InChI=1S/C15H25N3O/c1-6-10-16-13-9-7-8-12(18-13)14(19)17-11(2)15(3,4)5/h7-9,11H,6,10H2,1-5H3,(H,16,18)(H,17,19). The summed E-state index contributed by atoms with van der Waals surface area (Å²) in [5.41, 5.74) is 0.491. The van der Waals surface area contributed by atoms with Gasteiger partial charge in [-0.2, -0.15) is 0 Å². The van der Waals surface area contributed by atoms with Crippen molar-refractivity contribution in [2.45, 2.75) is 47.1 Å². The molecule has 2 N–H and O–H groups in total. The maximum atomic E-state index is 12.1. The lowest BCUT2D eigenvalue weighted by Crippen LogP contribution is -2.41. The number of carbonyl (C=O) groups is 1. The lowest BCUT2D eigenvalue weighted by molar-refractivity contribution is 0.0905. The van der Waals surface area contributed by atoms with Crippen molar-refractivity contribution in [3.8, 4) is 0 Å². The molecule has 4 heteroatoms. The number of carbonyl (C=O) groups excluding carboxylic acids is 1. The number of hydrogen-bond acceptors (Lipinski definition) is 3. The van der Waals surface area contributed by atoms with E-state index in [1.54, 1.807) is 6.07 Å². The largest absolute Gasteiger partial charge is 0.370 e. The molecule has 1 unspecified atom stereocenters. The van der Waals surface area contributed by atoms with Gasteiger partial charge in [-0.1, -0.05) is 33.8 Å². The van der Waals surface area contributed by atoms with Gasteiger partial charge in [0.25, 0.3) is 5.91 Å². The van der Waals surface area contributed by atoms with E-state index in [9.17, 15) is 4.79 Å². The van der Waals surface area contributed by atoms with Gasteiger partial charge in [0.2, 0.25) is 0 Å². The SMILES string of the molecule is CCCNc1cccc(C(=O)NC(C)C(C)(C)C)n1. The third kappa shape index (κ3) is 4.89. The van der Waals surface area contributed by atoms with Crippen LogP contribution < -0.4 is 10.6 Å². The Balaban J connectivity index is 2.72. The van der Waals surface area contributed by atoms with E-state index in [1.807, 2.05) is 19.1 Å². The first-order valence-corrected chi connectivity index (χ1v) is 6.86. The Bertz CT molecular complexity index is 424. The van der Waals surface area contributed by atoms with E-state index in [0.29, 0.717) is 5.69 Å². The maximum absolute atomic E-state index is 12.1. The van der Waals surface area contributed by atoms with Crippen LogP contribution in [0.25, 0.3) is 0 Å². The second-order valence-corrected chi connectivity index (χ2v) is 5.90. The predicted molar refractivity (Wildman–Crippen MR) is 79.4 cm³/mol. The molecule has 0 aliphatic rings. The fourth-order valence-electron chi connectivity index (χ4n) is 1.40. The Morgan fingerprint density at radius 3 is 2.63 bits per heavy atom. The summed E-state index contributed by atoms with van der Waals surface area (Å²) in [5.74, 6) is 0.625. The minimum Gasteiger partial charge on any atom is -0.370 e. The summed E-state index contributed by atoms with van der Waals surface area (Å²) in [6, 6.07) is 5.55. The Kier molecular flexibility index (Phi) is 5.33. The molecule has 0 aromatic carbocycles. The number of anilines is 1. The molecule has 1 amide bonds. The van der Waals surface area contributed by atoms with Gasteiger partial charge in [-0.05, 0) is 30.9 Å². The monoisotopic (exact) mass is 263 g/mol. The Morgan fingerprint density at radius 2 is 2.05 bits per heavy atom. The summed E-state index contributed by atoms with van der Waals surface area (Å²) in [5, 5.41) is 6.17. The molecule has 106 valence electrons. The van der Waals surface area contributed by atoms with Crippen molar-refractivity contribution < 1.29 is 4.79 Å². The number of rotatable bonds is 5. The zero-order valence-corrected chi connectivity index (χ0v) is 12.6. The number of nitrogens with one attached hydrogen (secondary N) is 2. The van der Waals surface area contributed by atoms with Crippen LogP contribution in [0.4, 0.5) is 5.82 Å². The first-order valence-electron chi connectivity index (χ1n) is 6.86. The van der Waals surface area contributed by atoms with Gasteiger partial charge in [0.15, 0.2) is 0 Å². The summed E-state index contributed by atoms with van der Waals surface area (Å²) in [6.45, 7) is 11.3. The van der Waals surface area contributed by atoms with Crippen molar-refractivity contribution in [2.75, 3.05) is 11.9 Å². The van der Waals surface area contributed by atoms with Crippen molar-refractivity contribution in [3.05, 3.63) is 23.9 Å². The average molecular weight is 263 g/mol. The van der Waals surface area contributed by atoms with E-state index in [4.69, 9.17) is 0 Å². The fourth-order valence-corrected chi connectivity index (χ4v) is 1.40. The molecule has 1 aromatic heterocycles. The van der Waals surface area contributed by atoms with E-state index < -0.39 is 0 Å². The molecule has 0 radical (unpaired) electrons. The second-order valence-electron chi connectivity index (χ2n) is 5.90. The van der Waals surface area contributed by atoms with Crippen molar-refractivity contribution in [2.24, 2.45) is 5.41 Å². The molecule has 19 heavy (non-hydrogen) atoms. The van der Waals surface area contributed by atoms with E-state index in [1.165, 1.54) is 0 Å². The van der Waals surface area contributed by atoms with Crippen LogP contribution in [-0.2, 0) is 0 Å². The molecule has 0 aliphatic heterocycles. The van der Waals surface area contributed by atoms with Gasteiger partial charge in [0, 0.05) is 12.6 Å². The van der Waals surface area contributed by atoms with Gasteiger partial charge in [-0.25, -0.2) is 4.98 Å². The highest BCUT2D eigenvalue weighted by Gasteiger charge is 2.22. The highest BCUT2D eigenvalue weighted by Crippen LogP contribution is 2.18. The smallest absolute Gasteiger partial charge is 0.270 e. The number of aromatic nitrogens is 1. The number of pyridine rings is 1. The number of nitrogens with zero attached hydrogens (tertiary/aromatic N) is 1. The Morgan fingerprint density at radius 1 is 1.37 bits per heavy atom. The van der Waals surface area contributed by atoms with Crippen LogP contribution in [0, 0.1) is 5.41 Å². The summed E-state index contributed by atoms with van der Waals surface area (Å²) in [7, 11) is 0. The van der Waals surface area contributed by atoms with E-state index in [2.05, 4.69) is 43.3 Å². The van der Waals surface area contributed by atoms with Gasteiger partial charge in [-0.15, -0.1) is 0 Å². The second kappa shape index (κ2) is 6.55. The van der Waals surface area contributed by atoms with Crippen molar-refractivity contribution in [3.63, 3.8) is 0 Å². The summed E-state index contributed by atoms with van der Waals surface area (Å²) >= 11 is 0. The van der Waals surface area contributed by atoms with E-state index in [0.717, 1.165) is 18.8 Å². The molecule has 0 spiro atoms. The van der Waals surface area contributed by atoms with Crippen LogP contribution in [0.5, 0.6) is 0 Å². The van der Waals surface area contributed by atoms with Crippen LogP contribution in [0.15, 0.2) is 18.2 Å². The van der Waals surface area contributed by atoms with Gasteiger partial charge in [0.05, 0.1) is 0 Å². The molecular formula is C15H25N3O. The summed E-state index contributed by atoms with van der Waals surface area (Å²) in [6.07, 6.45) is 1.03. The first-order chi connectivity index (χ1) is 8.84. The zero-order chi connectivity index (χ0) is 14.5. The molecule has 0 saturated carbocycles. The lowest BCUT2D eigenvalue weighted by atomic mass is 9.88. The third-order valence-corrected chi connectivity index (χ3v) is 3.18. The molecule has 0 bridgehead atoms. The zero-order valence-electron chi connectivity index (χ0n) is 12.6. The molecular weight excluding hydrogens is 238 g/mol. The van der Waals surface area contributed by atoms with E-state index >= 15 is 0 Å². The van der Waals surface area contributed by atoms with Crippen LogP contribution in [0.3, 0.4) is 0 Å². The molecule has 1 rings (SSSR count). The van der Waals surface area contributed by atoms with Crippen LogP contribution >= 0.6 is 0 Å². The van der Waals surface area contributed by atoms with Gasteiger partial charge in [0.1, 0.15) is 11.5 Å². The predicted octanol–water partition coefficient (Wildman–Crippen LogP) is 3.07. The van der Waals surface area contributed by atoms with Gasteiger partial charge >= 0.3 is 0 Å². The topological polar surface area (TPSA) is 54.0 Å². The van der Waals surface area contributed by atoms with Crippen LogP contribution in [0.2, 0.25) is 0 Å². The molecule has 0 fully saturated rings. The van der Waals surface area contributed by atoms with Crippen LogP contribution in [0.1, 0.15) is 51.5 Å². The number of amides is 1. The van der Waals surface area contributed by atoms with Crippen molar-refractivity contribution in [1.82, 2.24) is 10.3 Å². The molecule has 0 aliphatic carbocycles. The van der Waals surface area contributed by atoms with E-state index in [-0.39, 0.29) is 17.4 Å². The molecule has 1 atom stereocenters. The lowest BCUT2D eigenvalue weighted by Gasteiger charge is -2.27. The maximum Gasteiger partial charge on any atom is 0.270 e. The first kappa shape index (κ1) is 15.5.